The standard InChI is InChI=1S/C15H29NO4S/c1-2-20-14(18)13-4-6-15(19,7-5-13)12-16-8-11-21-10-3-9-17/h13,16-17,19H,2-12H2,1H3. The summed E-state index contributed by atoms with van der Waals surface area (Å²) in [7, 11) is 0. The van der Waals surface area contributed by atoms with E-state index in [1.807, 2.05) is 18.7 Å². The molecule has 1 fully saturated rings. The number of thioether (sulfide) groups is 1. The SMILES string of the molecule is CCOC(=O)C1CCC(O)(CNCCSCCCO)CC1. The Labute approximate surface area is 131 Å². The van der Waals surface area contributed by atoms with Crippen LogP contribution in [0.4, 0.5) is 0 Å². The zero-order valence-corrected chi connectivity index (χ0v) is 13.8. The fourth-order valence-corrected chi connectivity index (χ4v) is 3.39. The minimum Gasteiger partial charge on any atom is -0.466 e. The topological polar surface area (TPSA) is 78.8 Å². The first kappa shape index (κ1) is 18.7. The number of aliphatic hydroxyl groups is 2. The molecule has 0 amide bonds. The van der Waals surface area contributed by atoms with E-state index >= 15 is 0 Å². The van der Waals surface area contributed by atoms with Crippen molar-refractivity contribution in [3.63, 3.8) is 0 Å². The monoisotopic (exact) mass is 319 g/mol. The van der Waals surface area contributed by atoms with Crippen molar-refractivity contribution in [3.8, 4) is 0 Å². The lowest BCUT2D eigenvalue weighted by Gasteiger charge is -2.35. The highest BCUT2D eigenvalue weighted by Crippen LogP contribution is 2.32. The number of nitrogens with one attached hydrogen (secondary N) is 1. The number of hydrogen-bond donors (Lipinski definition) is 3. The van der Waals surface area contributed by atoms with Crippen LogP contribution >= 0.6 is 11.8 Å². The number of hydrogen-bond acceptors (Lipinski definition) is 6. The molecule has 6 heteroatoms. The molecule has 0 unspecified atom stereocenters. The molecule has 3 N–H and O–H groups in total. The van der Waals surface area contributed by atoms with Gasteiger partial charge in [0.25, 0.3) is 0 Å². The molecule has 0 aromatic rings. The third-order valence-electron chi connectivity index (χ3n) is 3.86. The molecule has 0 spiro atoms. The van der Waals surface area contributed by atoms with E-state index in [4.69, 9.17) is 9.84 Å². The second-order valence-corrected chi connectivity index (χ2v) is 6.84. The molecule has 1 aliphatic rings. The van der Waals surface area contributed by atoms with Gasteiger partial charge < -0.3 is 20.3 Å². The molecule has 1 aliphatic carbocycles. The van der Waals surface area contributed by atoms with Gasteiger partial charge in [0, 0.05) is 25.4 Å². The van der Waals surface area contributed by atoms with Crippen LogP contribution in [0.15, 0.2) is 0 Å². The van der Waals surface area contributed by atoms with Crippen molar-refractivity contribution < 1.29 is 19.7 Å². The molecule has 0 aromatic heterocycles. The van der Waals surface area contributed by atoms with Crippen LogP contribution in [0.1, 0.15) is 39.0 Å². The van der Waals surface area contributed by atoms with Crippen LogP contribution in [0.3, 0.4) is 0 Å². The summed E-state index contributed by atoms with van der Waals surface area (Å²) in [6.07, 6.45) is 3.57. The van der Waals surface area contributed by atoms with Crippen LogP contribution in [0.5, 0.6) is 0 Å². The van der Waals surface area contributed by atoms with Gasteiger partial charge in [0.2, 0.25) is 0 Å². The molecular weight excluding hydrogens is 290 g/mol. The lowest BCUT2D eigenvalue weighted by molar-refractivity contribution is -0.151. The van der Waals surface area contributed by atoms with Crippen LogP contribution < -0.4 is 5.32 Å². The zero-order chi connectivity index (χ0) is 15.6. The van der Waals surface area contributed by atoms with E-state index in [0.717, 1.165) is 24.5 Å². The maximum atomic E-state index is 11.7. The third kappa shape index (κ3) is 7.49. The van der Waals surface area contributed by atoms with Crippen molar-refractivity contribution in [1.82, 2.24) is 5.32 Å². The second kappa shape index (κ2) is 10.4. The second-order valence-electron chi connectivity index (χ2n) is 5.62. The van der Waals surface area contributed by atoms with Crippen LogP contribution in [0.25, 0.3) is 0 Å². The van der Waals surface area contributed by atoms with Crippen LogP contribution in [-0.2, 0) is 9.53 Å². The molecule has 1 rings (SSSR count). The first-order valence-electron chi connectivity index (χ1n) is 7.89. The van der Waals surface area contributed by atoms with E-state index in [1.54, 1.807) is 0 Å². The van der Waals surface area contributed by atoms with Gasteiger partial charge >= 0.3 is 5.97 Å². The molecule has 21 heavy (non-hydrogen) atoms. The van der Waals surface area contributed by atoms with Gasteiger partial charge in [-0.2, -0.15) is 11.8 Å². The first-order valence-corrected chi connectivity index (χ1v) is 9.05. The van der Waals surface area contributed by atoms with Crippen molar-refractivity contribution in [2.45, 2.75) is 44.6 Å². The van der Waals surface area contributed by atoms with Crippen molar-refractivity contribution >= 4 is 17.7 Å². The van der Waals surface area contributed by atoms with Crippen LogP contribution in [0.2, 0.25) is 0 Å². The Bertz CT molecular complexity index is 293. The number of rotatable bonds is 10. The minimum atomic E-state index is -0.682. The molecule has 1 saturated carbocycles. The van der Waals surface area contributed by atoms with Gasteiger partial charge in [0.1, 0.15) is 0 Å². The Morgan fingerprint density at radius 2 is 2.10 bits per heavy atom. The van der Waals surface area contributed by atoms with Crippen molar-refractivity contribution in [1.29, 1.82) is 0 Å². The maximum Gasteiger partial charge on any atom is 0.308 e. The average Bonchev–Trinajstić information content (AvgIpc) is 2.47. The molecular formula is C15H29NO4S. The fourth-order valence-electron chi connectivity index (χ4n) is 2.56. The highest BCUT2D eigenvalue weighted by Gasteiger charge is 2.35. The lowest BCUT2D eigenvalue weighted by Crippen LogP contribution is -2.45. The predicted molar refractivity (Wildman–Crippen MR) is 85.4 cm³/mol. The Balaban J connectivity index is 2.12. The summed E-state index contributed by atoms with van der Waals surface area (Å²) >= 11 is 1.81. The summed E-state index contributed by atoms with van der Waals surface area (Å²) < 4.78 is 5.04. The number of aliphatic hydroxyl groups excluding tert-OH is 1. The van der Waals surface area contributed by atoms with Gasteiger partial charge in [-0.05, 0) is 44.8 Å². The number of esters is 1. The van der Waals surface area contributed by atoms with E-state index < -0.39 is 5.60 Å². The smallest absolute Gasteiger partial charge is 0.308 e. The van der Waals surface area contributed by atoms with E-state index in [2.05, 4.69) is 5.32 Å². The fraction of sp³-hybridized carbons (Fsp3) is 0.933. The molecule has 0 aliphatic heterocycles. The molecule has 0 saturated heterocycles. The van der Waals surface area contributed by atoms with Gasteiger partial charge in [0.15, 0.2) is 0 Å². The van der Waals surface area contributed by atoms with Gasteiger partial charge in [-0.1, -0.05) is 0 Å². The Hall–Kier alpha value is -0.300. The van der Waals surface area contributed by atoms with Gasteiger partial charge in [0.05, 0.1) is 18.1 Å². The third-order valence-corrected chi connectivity index (χ3v) is 4.93. The van der Waals surface area contributed by atoms with Crippen LogP contribution in [-0.4, -0.2) is 59.6 Å². The Morgan fingerprint density at radius 1 is 1.38 bits per heavy atom. The normalized spacial score (nSPS) is 25.8. The number of carbonyl (C=O) groups is 1. The van der Waals surface area contributed by atoms with Crippen LogP contribution in [0, 0.1) is 5.92 Å². The minimum absolute atomic E-state index is 0.0423. The predicted octanol–water partition coefficient (Wildman–Crippen LogP) is 1.18. The summed E-state index contributed by atoms with van der Waals surface area (Å²) in [6.45, 7) is 3.94. The van der Waals surface area contributed by atoms with Crippen molar-refractivity contribution in [2.75, 3.05) is 37.8 Å². The van der Waals surface area contributed by atoms with Gasteiger partial charge in [-0.25, -0.2) is 0 Å². The molecule has 0 bridgehead atoms. The Kier molecular flexibility index (Phi) is 9.31. The summed E-state index contributed by atoms with van der Waals surface area (Å²) in [5.74, 6) is 1.80. The zero-order valence-electron chi connectivity index (χ0n) is 13.0. The summed E-state index contributed by atoms with van der Waals surface area (Å²) in [5, 5.41) is 22.5. The van der Waals surface area contributed by atoms with E-state index in [9.17, 15) is 9.90 Å². The van der Waals surface area contributed by atoms with E-state index in [0.29, 0.717) is 38.8 Å². The van der Waals surface area contributed by atoms with Crippen molar-refractivity contribution in [3.05, 3.63) is 0 Å². The Morgan fingerprint density at radius 3 is 2.71 bits per heavy atom. The van der Waals surface area contributed by atoms with E-state index in [1.165, 1.54) is 0 Å². The summed E-state index contributed by atoms with van der Waals surface area (Å²) in [6, 6.07) is 0. The molecule has 0 heterocycles. The molecule has 5 nitrogen and oxygen atoms in total. The molecule has 124 valence electrons. The first-order chi connectivity index (χ1) is 10.1. The van der Waals surface area contributed by atoms with Gasteiger partial charge in [-0.15, -0.1) is 0 Å². The largest absolute Gasteiger partial charge is 0.466 e. The summed E-state index contributed by atoms with van der Waals surface area (Å²) in [5.41, 5.74) is -0.682. The van der Waals surface area contributed by atoms with Gasteiger partial charge in [-0.3, -0.25) is 4.79 Å². The molecule has 0 aromatic carbocycles. The molecule has 0 radical (unpaired) electrons. The van der Waals surface area contributed by atoms with E-state index in [-0.39, 0.29) is 18.5 Å². The van der Waals surface area contributed by atoms with Crippen molar-refractivity contribution in [2.24, 2.45) is 5.92 Å². The number of carbonyl (C=O) groups excluding carboxylic acids is 1. The number of ether oxygens (including phenoxy) is 1. The summed E-state index contributed by atoms with van der Waals surface area (Å²) in [4.78, 5) is 11.7. The average molecular weight is 319 g/mol. The highest BCUT2D eigenvalue weighted by atomic mass is 32.2. The quantitative estimate of drug-likeness (QED) is 0.414. The highest BCUT2D eigenvalue weighted by molar-refractivity contribution is 7.99. The molecule has 0 atom stereocenters. The lowest BCUT2D eigenvalue weighted by atomic mass is 9.79. The maximum absolute atomic E-state index is 11.7.